The number of likely N-dealkylation sites (N-methyl/N-ethyl adjacent to an activating group) is 1. The van der Waals surface area contributed by atoms with Gasteiger partial charge in [0.25, 0.3) is 0 Å². The summed E-state index contributed by atoms with van der Waals surface area (Å²) < 4.78 is 5.09. The summed E-state index contributed by atoms with van der Waals surface area (Å²) in [6.45, 7) is 10.3. The highest BCUT2D eigenvalue weighted by molar-refractivity contribution is 5.85. The van der Waals surface area contributed by atoms with Gasteiger partial charge in [-0.2, -0.15) is 0 Å². The molecule has 2 saturated heterocycles. The van der Waals surface area contributed by atoms with Gasteiger partial charge in [0.1, 0.15) is 6.54 Å². The van der Waals surface area contributed by atoms with Crippen molar-refractivity contribution in [3.8, 4) is 0 Å². The van der Waals surface area contributed by atoms with E-state index in [4.69, 9.17) is 4.74 Å². The third-order valence-corrected chi connectivity index (χ3v) is 6.05. The summed E-state index contributed by atoms with van der Waals surface area (Å²) in [6, 6.07) is 0.218. The van der Waals surface area contributed by atoms with E-state index in [2.05, 4.69) is 27.4 Å². The molecule has 31 heavy (non-hydrogen) atoms. The van der Waals surface area contributed by atoms with Crippen LogP contribution in [0.4, 0.5) is 4.79 Å². The number of likely N-dealkylation sites (tertiary alicyclic amines) is 2. The molecule has 0 radical (unpaired) electrons. The molecule has 9 heteroatoms. The van der Waals surface area contributed by atoms with Gasteiger partial charge in [-0.3, -0.25) is 4.79 Å². The molecule has 2 heterocycles. The maximum Gasteiger partial charge on any atom is 0.409 e. The molecule has 0 aromatic heterocycles. The zero-order valence-corrected chi connectivity index (χ0v) is 19.9. The van der Waals surface area contributed by atoms with Gasteiger partial charge in [-0.15, -0.1) is 0 Å². The average molecular weight is 439 g/mol. The Bertz CT molecular complexity index is 582. The number of amides is 2. The summed E-state index contributed by atoms with van der Waals surface area (Å²) in [7, 11) is 3.48. The fraction of sp³-hybridized carbons (Fsp3) is 0.864. The predicted octanol–water partition coefficient (Wildman–Crippen LogP) is 1.35. The molecule has 0 saturated carbocycles. The van der Waals surface area contributed by atoms with Crippen LogP contribution in [0.25, 0.3) is 0 Å². The van der Waals surface area contributed by atoms with Crippen molar-refractivity contribution >= 4 is 18.0 Å². The Kier molecular flexibility index (Phi) is 10.9. The number of hydrogen-bond donors (Lipinski definition) is 2. The monoisotopic (exact) mass is 438 g/mol. The normalized spacial score (nSPS) is 19.2. The molecule has 2 amide bonds. The van der Waals surface area contributed by atoms with E-state index in [1.165, 1.54) is 25.9 Å². The van der Waals surface area contributed by atoms with Crippen molar-refractivity contribution in [2.75, 3.05) is 66.5 Å². The molecule has 2 rings (SSSR count). The Morgan fingerprint density at radius 1 is 1.10 bits per heavy atom. The molecular formula is C22H42N6O3. The Hall–Kier alpha value is -2.03. The highest BCUT2D eigenvalue weighted by Gasteiger charge is 2.24. The summed E-state index contributed by atoms with van der Waals surface area (Å²) >= 11 is 0. The van der Waals surface area contributed by atoms with Gasteiger partial charge in [0.15, 0.2) is 5.96 Å². The summed E-state index contributed by atoms with van der Waals surface area (Å²) in [4.78, 5) is 34.2. The van der Waals surface area contributed by atoms with Crippen LogP contribution in [0.1, 0.15) is 46.0 Å². The van der Waals surface area contributed by atoms with Crippen LogP contribution in [0.5, 0.6) is 0 Å². The minimum atomic E-state index is -0.239. The number of guanidine groups is 1. The first kappa shape index (κ1) is 25.2. The minimum absolute atomic E-state index is 0.0272. The van der Waals surface area contributed by atoms with Gasteiger partial charge in [0.2, 0.25) is 5.91 Å². The summed E-state index contributed by atoms with van der Waals surface area (Å²) in [5.41, 5.74) is 0. The van der Waals surface area contributed by atoms with E-state index in [1.807, 2.05) is 6.92 Å². The van der Waals surface area contributed by atoms with Crippen molar-refractivity contribution in [3.63, 3.8) is 0 Å². The molecule has 9 nitrogen and oxygen atoms in total. The standard InChI is InChI=1S/C22H42N6O3/c1-5-31-22(30)28-15-9-19(10-16-28)25-21(24-17-20(29)26(3)4)23-11-6-12-27-13-7-18(2)8-14-27/h18-19H,5-17H2,1-4H3,(H2,23,24,25). The van der Waals surface area contributed by atoms with E-state index < -0.39 is 0 Å². The first-order chi connectivity index (χ1) is 14.9. The number of ether oxygens (including phenoxy) is 1. The van der Waals surface area contributed by atoms with Gasteiger partial charge in [-0.1, -0.05) is 6.92 Å². The maximum atomic E-state index is 12.0. The molecular weight excluding hydrogens is 396 g/mol. The number of hydrogen-bond acceptors (Lipinski definition) is 5. The maximum absolute atomic E-state index is 12.0. The zero-order valence-electron chi connectivity index (χ0n) is 19.9. The first-order valence-corrected chi connectivity index (χ1v) is 11.8. The molecule has 0 aliphatic carbocycles. The SMILES string of the molecule is CCOC(=O)N1CCC(NC(=NCC(=O)N(C)C)NCCCN2CCC(C)CC2)CC1. The van der Waals surface area contributed by atoms with Crippen molar-refractivity contribution in [2.24, 2.45) is 10.9 Å². The van der Waals surface area contributed by atoms with Crippen LogP contribution in [0.2, 0.25) is 0 Å². The zero-order chi connectivity index (χ0) is 22.6. The largest absolute Gasteiger partial charge is 0.450 e. The second-order valence-electron chi connectivity index (χ2n) is 8.86. The number of carbonyl (C=O) groups is 2. The Balaban J connectivity index is 1.79. The van der Waals surface area contributed by atoms with Crippen molar-refractivity contribution in [1.82, 2.24) is 25.3 Å². The van der Waals surface area contributed by atoms with Crippen LogP contribution in [0.3, 0.4) is 0 Å². The number of carbonyl (C=O) groups excluding carboxylic acids is 2. The predicted molar refractivity (Wildman–Crippen MR) is 123 cm³/mol. The van der Waals surface area contributed by atoms with Gasteiger partial charge in [-0.25, -0.2) is 9.79 Å². The number of rotatable bonds is 8. The molecule has 2 aliphatic heterocycles. The second-order valence-corrected chi connectivity index (χ2v) is 8.86. The van der Waals surface area contributed by atoms with Crippen LogP contribution < -0.4 is 10.6 Å². The fourth-order valence-corrected chi connectivity index (χ4v) is 3.85. The van der Waals surface area contributed by atoms with Crippen LogP contribution in [-0.4, -0.2) is 105 Å². The van der Waals surface area contributed by atoms with E-state index in [0.29, 0.717) is 25.7 Å². The van der Waals surface area contributed by atoms with Crippen molar-refractivity contribution < 1.29 is 14.3 Å². The summed E-state index contributed by atoms with van der Waals surface area (Å²) in [6.07, 6.45) is 5.03. The fourth-order valence-electron chi connectivity index (χ4n) is 3.85. The van der Waals surface area contributed by atoms with Gasteiger partial charge < -0.3 is 30.1 Å². The molecule has 2 N–H and O–H groups in total. The van der Waals surface area contributed by atoms with Crippen LogP contribution in [0.15, 0.2) is 4.99 Å². The molecule has 0 aromatic carbocycles. The third-order valence-electron chi connectivity index (χ3n) is 6.05. The Labute approximate surface area is 187 Å². The van der Waals surface area contributed by atoms with E-state index in [-0.39, 0.29) is 24.6 Å². The van der Waals surface area contributed by atoms with E-state index in [1.54, 1.807) is 23.9 Å². The number of piperidine rings is 2. The molecule has 2 aliphatic rings. The molecule has 0 aromatic rings. The van der Waals surface area contributed by atoms with Gasteiger partial charge >= 0.3 is 6.09 Å². The van der Waals surface area contributed by atoms with Gasteiger partial charge in [0.05, 0.1) is 6.61 Å². The lowest BCUT2D eigenvalue weighted by Gasteiger charge is -2.32. The van der Waals surface area contributed by atoms with Crippen molar-refractivity contribution in [1.29, 1.82) is 0 Å². The molecule has 0 spiro atoms. The van der Waals surface area contributed by atoms with Crippen molar-refractivity contribution in [3.05, 3.63) is 0 Å². The van der Waals surface area contributed by atoms with E-state index >= 15 is 0 Å². The smallest absolute Gasteiger partial charge is 0.409 e. The topological polar surface area (TPSA) is 89.5 Å². The van der Waals surface area contributed by atoms with Gasteiger partial charge in [-0.05, 0) is 64.6 Å². The number of nitrogens with one attached hydrogen (secondary N) is 2. The van der Waals surface area contributed by atoms with E-state index in [0.717, 1.165) is 38.3 Å². The van der Waals surface area contributed by atoms with Crippen LogP contribution in [-0.2, 0) is 9.53 Å². The second kappa shape index (κ2) is 13.4. The quantitative estimate of drug-likeness (QED) is 0.338. The van der Waals surface area contributed by atoms with E-state index in [9.17, 15) is 9.59 Å². The van der Waals surface area contributed by atoms with Crippen LogP contribution in [0, 0.1) is 5.92 Å². The molecule has 0 unspecified atom stereocenters. The number of aliphatic imine (C=N–C) groups is 1. The molecule has 0 bridgehead atoms. The lowest BCUT2D eigenvalue weighted by Crippen LogP contribution is -2.50. The van der Waals surface area contributed by atoms with Crippen molar-refractivity contribution in [2.45, 2.75) is 52.0 Å². The third kappa shape index (κ3) is 9.33. The van der Waals surface area contributed by atoms with Gasteiger partial charge in [0, 0.05) is 39.8 Å². The summed E-state index contributed by atoms with van der Waals surface area (Å²) in [5.74, 6) is 1.50. The molecule has 178 valence electrons. The Morgan fingerprint density at radius 2 is 1.77 bits per heavy atom. The lowest BCUT2D eigenvalue weighted by molar-refractivity contribution is -0.127. The summed E-state index contributed by atoms with van der Waals surface area (Å²) in [5, 5.41) is 6.86. The number of nitrogens with zero attached hydrogens (tertiary/aromatic N) is 4. The lowest BCUT2D eigenvalue weighted by atomic mass is 9.99. The minimum Gasteiger partial charge on any atom is -0.450 e. The first-order valence-electron chi connectivity index (χ1n) is 11.8. The Morgan fingerprint density at radius 3 is 2.39 bits per heavy atom. The highest BCUT2D eigenvalue weighted by Crippen LogP contribution is 2.15. The molecule has 2 fully saturated rings. The highest BCUT2D eigenvalue weighted by atomic mass is 16.6. The van der Waals surface area contributed by atoms with Crippen LogP contribution >= 0.6 is 0 Å². The average Bonchev–Trinajstić information content (AvgIpc) is 2.76. The molecule has 0 atom stereocenters.